The van der Waals surface area contributed by atoms with E-state index in [9.17, 15) is 10.0 Å². The van der Waals surface area contributed by atoms with Crippen LogP contribution in [0.1, 0.15) is 33.6 Å². The van der Waals surface area contributed by atoms with E-state index >= 15 is 0 Å². The van der Waals surface area contributed by atoms with Crippen molar-refractivity contribution in [1.29, 1.82) is 0 Å². The second kappa shape index (κ2) is 9.19. The lowest BCUT2D eigenvalue weighted by Crippen LogP contribution is -2.50. The van der Waals surface area contributed by atoms with Crippen molar-refractivity contribution in [2.24, 2.45) is 0 Å². The average Bonchev–Trinajstić information content (AvgIpc) is 2.67. The highest BCUT2D eigenvalue weighted by Gasteiger charge is 2.29. The standard InChI is InChI=1S/C18H29ClN6O4/c1-18(2,3)29-17(26)25-8-6-24(7-9-25)15-13(23-27)14(21-16(19)22-15)20-12-4-10-28-11-5-12/h12,23,27H,4-11H2,1-3H3,(H,20,21,22). The molecule has 0 bridgehead atoms. The van der Waals surface area contributed by atoms with E-state index in [0.717, 1.165) is 12.8 Å². The van der Waals surface area contributed by atoms with Gasteiger partial charge in [0.25, 0.3) is 0 Å². The molecule has 11 heteroatoms. The first-order valence-corrected chi connectivity index (χ1v) is 10.2. The van der Waals surface area contributed by atoms with Crippen molar-refractivity contribution < 1.29 is 19.5 Å². The highest BCUT2D eigenvalue weighted by Crippen LogP contribution is 2.33. The molecule has 162 valence electrons. The number of amides is 1. The Labute approximate surface area is 175 Å². The van der Waals surface area contributed by atoms with Gasteiger partial charge in [0.05, 0.1) is 0 Å². The summed E-state index contributed by atoms with van der Waals surface area (Å²) in [6.45, 7) is 8.89. The molecule has 0 unspecified atom stereocenters. The first-order chi connectivity index (χ1) is 13.8. The lowest BCUT2D eigenvalue weighted by molar-refractivity contribution is 0.0240. The molecular formula is C18H29ClN6O4. The van der Waals surface area contributed by atoms with Gasteiger partial charge in [-0.25, -0.2) is 4.79 Å². The van der Waals surface area contributed by atoms with Gasteiger partial charge in [0, 0.05) is 45.4 Å². The normalized spacial score (nSPS) is 18.5. The molecule has 2 aliphatic heterocycles. The fraction of sp³-hybridized carbons (Fsp3) is 0.722. The Morgan fingerprint density at radius 3 is 2.45 bits per heavy atom. The Hall–Kier alpha value is -2.04. The van der Waals surface area contributed by atoms with Crippen molar-refractivity contribution in [2.45, 2.75) is 45.3 Å². The van der Waals surface area contributed by atoms with E-state index in [1.165, 1.54) is 0 Å². The largest absolute Gasteiger partial charge is 0.444 e. The van der Waals surface area contributed by atoms with Crippen LogP contribution in [0.5, 0.6) is 0 Å². The highest BCUT2D eigenvalue weighted by molar-refractivity contribution is 6.28. The zero-order valence-corrected chi connectivity index (χ0v) is 17.8. The first-order valence-electron chi connectivity index (χ1n) is 9.81. The molecule has 1 aromatic heterocycles. The van der Waals surface area contributed by atoms with Crippen LogP contribution in [-0.4, -0.2) is 77.2 Å². The Morgan fingerprint density at radius 1 is 1.21 bits per heavy atom. The molecule has 0 atom stereocenters. The Bertz CT molecular complexity index is 715. The number of hydrogen-bond donors (Lipinski definition) is 3. The molecule has 3 N–H and O–H groups in total. The maximum Gasteiger partial charge on any atom is 0.410 e. The van der Waals surface area contributed by atoms with Crippen LogP contribution in [0.4, 0.5) is 22.1 Å². The van der Waals surface area contributed by atoms with E-state index in [1.807, 2.05) is 25.7 Å². The van der Waals surface area contributed by atoms with Gasteiger partial charge >= 0.3 is 6.09 Å². The van der Waals surface area contributed by atoms with Gasteiger partial charge in [-0.2, -0.15) is 9.97 Å². The SMILES string of the molecule is CC(C)(C)OC(=O)N1CCN(c2nc(Cl)nc(NC3CCOCC3)c2NO)CC1. The molecule has 10 nitrogen and oxygen atoms in total. The number of aromatic nitrogens is 2. The topological polar surface area (TPSA) is 112 Å². The zero-order valence-electron chi connectivity index (χ0n) is 17.1. The van der Waals surface area contributed by atoms with Crippen molar-refractivity contribution >= 4 is 35.0 Å². The number of carbonyl (C=O) groups excluding carboxylic acids is 1. The Kier molecular flexibility index (Phi) is 6.86. The number of carbonyl (C=O) groups is 1. The second-order valence-corrected chi connectivity index (χ2v) is 8.48. The minimum absolute atomic E-state index is 0.0862. The predicted molar refractivity (Wildman–Crippen MR) is 110 cm³/mol. The Balaban J connectivity index is 1.71. The third kappa shape index (κ3) is 5.74. The highest BCUT2D eigenvalue weighted by atomic mass is 35.5. The molecule has 0 aliphatic carbocycles. The van der Waals surface area contributed by atoms with E-state index in [1.54, 1.807) is 4.90 Å². The number of ether oxygens (including phenoxy) is 2. The number of halogens is 1. The third-order valence-corrected chi connectivity index (χ3v) is 4.94. The van der Waals surface area contributed by atoms with Crippen molar-refractivity contribution in [3.63, 3.8) is 0 Å². The van der Waals surface area contributed by atoms with Gasteiger partial charge in [-0.15, -0.1) is 0 Å². The molecule has 0 aromatic carbocycles. The van der Waals surface area contributed by atoms with Gasteiger partial charge in [0.15, 0.2) is 11.6 Å². The molecule has 0 spiro atoms. The van der Waals surface area contributed by atoms with E-state index in [2.05, 4.69) is 20.8 Å². The second-order valence-electron chi connectivity index (χ2n) is 8.14. The summed E-state index contributed by atoms with van der Waals surface area (Å²) in [5.41, 5.74) is 2.05. The van der Waals surface area contributed by atoms with Crippen molar-refractivity contribution in [3.8, 4) is 0 Å². The lowest BCUT2D eigenvalue weighted by Gasteiger charge is -2.37. The third-order valence-electron chi connectivity index (χ3n) is 4.77. The number of anilines is 3. The summed E-state index contributed by atoms with van der Waals surface area (Å²) in [5.74, 6) is 0.940. The van der Waals surface area contributed by atoms with Gasteiger partial charge in [0.1, 0.15) is 11.3 Å². The van der Waals surface area contributed by atoms with Gasteiger partial charge < -0.3 is 24.6 Å². The van der Waals surface area contributed by atoms with Gasteiger partial charge in [-0.05, 0) is 45.2 Å². The summed E-state index contributed by atoms with van der Waals surface area (Å²) >= 11 is 6.16. The fourth-order valence-corrected chi connectivity index (χ4v) is 3.49. The molecular weight excluding hydrogens is 400 g/mol. The summed E-state index contributed by atoms with van der Waals surface area (Å²) in [4.78, 5) is 24.5. The summed E-state index contributed by atoms with van der Waals surface area (Å²) in [5, 5.41) is 13.2. The quantitative estimate of drug-likeness (QED) is 0.492. The molecule has 2 saturated heterocycles. The number of rotatable bonds is 4. The minimum atomic E-state index is -0.535. The van der Waals surface area contributed by atoms with Gasteiger partial charge in [-0.1, -0.05) is 0 Å². The van der Waals surface area contributed by atoms with Crippen LogP contribution in [0.15, 0.2) is 0 Å². The van der Waals surface area contributed by atoms with Crippen LogP contribution >= 0.6 is 11.6 Å². The lowest BCUT2D eigenvalue weighted by atomic mass is 10.1. The van der Waals surface area contributed by atoms with Gasteiger partial charge in [0.2, 0.25) is 5.28 Å². The van der Waals surface area contributed by atoms with E-state index < -0.39 is 5.60 Å². The summed E-state index contributed by atoms with van der Waals surface area (Å²) in [7, 11) is 0. The summed E-state index contributed by atoms with van der Waals surface area (Å²) < 4.78 is 10.8. The minimum Gasteiger partial charge on any atom is -0.444 e. The van der Waals surface area contributed by atoms with Crippen LogP contribution in [-0.2, 0) is 9.47 Å². The molecule has 2 aliphatic rings. The molecule has 1 amide bonds. The maximum absolute atomic E-state index is 12.3. The van der Waals surface area contributed by atoms with E-state index in [-0.39, 0.29) is 17.4 Å². The van der Waals surface area contributed by atoms with Crippen LogP contribution in [0, 0.1) is 0 Å². The first kappa shape index (κ1) is 21.7. The van der Waals surface area contributed by atoms with E-state index in [0.29, 0.717) is 56.7 Å². The predicted octanol–water partition coefficient (Wildman–Crippen LogP) is 2.58. The van der Waals surface area contributed by atoms with Crippen molar-refractivity contribution in [2.75, 3.05) is 55.1 Å². The molecule has 2 fully saturated rings. The fourth-order valence-electron chi connectivity index (χ4n) is 3.32. The number of nitrogens with one attached hydrogen (secondary N) is 2. The van der Waals surface area contributed by atoms with Crippen LogP contribution in [0.25, 0.3) is 0 Å². The number of nitrogens with zero attached hydrogens (tertiary/aromatic N) is 4. The summed E-state index contributed by atoms with van der Waals surface area (Å²) in [6, 6.07) is 0.179. The molecule has 0 saturated carbocycles. The van der Waals surface area contributed by atoms with Crippen molar-refractivity contribution in [3.05, 3.63) is 5.28 Å². The van der Waals surface area contributed by atoms with E-state index in [4.69, 9.17) is 21.1 Å². The maximum atomic E-state index is 12.3. The average molecular weight is 429 g/mol. The molecule has 0 radical (unpaired) electrons. The van der Waals surface area contributed by atoms with Gasteiger partial charge in [-0.3, -0.25) is 10.7 Å². The monoisotopic (exact) mass is 428 g/mol. The van der Waals surface area contributed by atoms with Crippen molar-refractivity contribution in [1.82, 2.24) is 14.9 Å². The molecule has 1 aromatic rings. The summed E-state index contributed by atoms with van der Waals surface area (Å²) in [6.07, 6.45) is 1.35. The Morgan fingerprint density at radius 2 is 1.86 bits per heavy atom. The van der Waals surface area contributed by atoms with Crippen LogP contribution in [0.3, 0.4) is 0 Å². The molecule has 3 heterocycles. The molecule has 29 heavy (non-hydrogen) atoms. The number of hydrogen-bond acceptors (Lipinski definition) is 9. The van der Waals surface area contributed by atoms with Crippen LogP contribution in [0.2, 0.25) is 5.28 Å². The molecule has 3 rings (SSSR count). The number of piperazine rings is 1. The van der Waals surface area contributed by atoms with Crippen LogP contribution < -0.4 is 15.7 Å². The smallest absolute Gasteiger partial charge is 0.410 e. The zero-order chi connectivity index (χ0) is 21.0.